The first kappa shape index (κ1) is 12.9. The molecule has 22 heavy (non-hydrogen) atoms. The van der Waals surface area contributed by atoms with Crippen molar-refractivity contribution in [1.29, 1.82) is 0 Å². The van der Waals surface area contributed by atoms with Crippen LogP contribution in [-0.4, -0.2) is 15.1 Å². The van der Waals surface area contributed by atoms with Gasteiger partial charge in [-0.05, 0) is 43.0 Å². The van der Waals surface area contributed by atoms with Crippen molar-refractivity contribution < 1.29 is 5.11 Å². The number of nitrogens with two attached hydrogens (primary N) is 1. The predicted octanol–water partition coefficient (Wildman–Crippen LogP) is 2.37. The van der Waals surface area contributed by atoms with E-state index in [4.69, 9.17) is 5.73 Å². The van der Waals surface area contributed by atoms with Gasteiger partial charge in [-0.25, -0.2) is 0 Å². The van der Waals surface area contributed by atoms with Crippen LogP contribution in [0.2, 0.25) is 0 Å². The SMILES string of the molecule is Nc1cncc(-c2c(O)ccc3[nH]c(=O)c4c(c23)CCC4)c1. The molecule has 0 saturated heterocycles. The molecule has 0 unspecified atom stereocenters. The van der Waals surface area contributed by atoms with E-state index in [0.717, 1.165) is 46.9 Å². The van der Waals surface area contributed by atoms with E-state index in [1.807, 2.05) is 0 Å². The summed E-state index contributed by atoms with van der Waals surface area (Å²) < 4.78 is 0. The number of anilines is 1. The topological polar surface area (TPSA) is 92.0 Å². The summed E-state index contributed by atoms with van der Waals surface area (Å²) in [5.41, 5.74) is 10.4. The summed E-state index contributed by atoms with van der Waals surface area (Å²) >= 11 is 0. The van der Waals surface area contributed by atoms with Gasteiger partial charge in [-0.3, -0.25) is 9.78 Å². The fraction of sp³-hybridized carbons (Fsp3) is 0.176. The van der Waals surface area contributed by atoms with Crippen LogP contribution in [0.5, 0.6) is 5.75 Å². The molecule has 0 atom stereocenters. The first-order valence-corrected chi connectivity index (χ1v) is 7.26. The summed E-state index contributed by atoms with van der Waals surface area (Å²) in [5.74, 6) is 0.168. The lowest BCUT2D eigenvalue weighted by Gasteiger charge is -2.13. The van der Waals surface area contributed by atoms with E-state index in [0.29, 0.717) is 11.3 Å². The summed E-state index contributed by atoms with van der Waals surface area (Å²) in [4.78, 5) is 19.2. The number of nitrogens with zero attached hydrogens (tertiary/aromatic N) is 1. The number of hydrogen-bond acceptors (Lipinski definition) is 4. The number of aromatic amines is 1. The highest BCUT2D eigenvalue weighted by atomic mass is 16.3. The Balaban J connectivity index is 2.16. The number of pyridine rings is 2. The lowest BCUT2D eigenvalue weighted by atomic mass is 9.95. The number of phenolic OH excluding ortho intramolecular Hbond substituents is 1. The van der Waals surface area contributed by atoms with Crippen LogP contribution >= 0.6 is 0 Å². The van der Waals surface area contributed by atoms with Crippen LogP contribution < -0.4 is 11.3 Å². The maximum absolute atomic E-state index is 12.2. The average Bonchev–Trinajstić information content (AvgIpc) is 2.98. The van der Waals surface area contributed by atoms with Crippen molar-refractivity contribution in [3.63, 3.8) is 0 Å². The van der Waals surface area contributed by atoms with Crippen molar-refractivity contribution in [3.05, 3.63) is 52.1 Å². The Morgan fingerprint density at radius 2 is 2.00 bits per heavy atom. The number of aromatic nitrogens is 2. The molecule has 0 radical (unpaired) electrons. The molecule has 0 fully saturated rings. The first-order valence-electron chi connectivity index (χ1n) is 7.26. The molecule has 0 saturated carbocycles. The van der Waals surface area contributed by atoms with Crippen LogP contribution in [0.4, 0.5) is 5.69 Å². The van der Waals surface area contributed by atoms with Crippen molar-refractivity contribution in [3.8, 4) is 16.9 Å². The van der Waals surface area contributed by atoms with Gasteiger partial charge in [0.05, 0.1) is 5.69 Å². The Kier molecular flexibility index (Phi) is 2.69. The van der Waals surface area contributed by atoms with E-state index < -0.39 is 0 Å². The van der Waals surface area contributed by atoms with Crippen molar-refractivity contribution in [2.75, 3.05) is 5.73 Å². The lowest BCUT2D eigenvalue weighted by Crippen LogP contribution is -2.12. The molecule has 3 aromatic rings. The maximum Gasteiger partial charge on any atom is 0.251 e. The highest BCUT2D eigenvalue weighted by Crippen LogP contribution is 2.39. The van der Waals surface area contributed by atoms with E-state index in [9.17, 15) is 9.90 Å². The molecule has 110 valence electrons. The monoisotopic (exact) mass is 293 g/mol. The standard InChI is InChI=1S/C17H15N3O2/c18-10-6-9(7-19-8-10)15-14(21)5-4-13-16(15)11-2-1-3-12(11)17(22)20-13/h4-8,21H,1-3,18H2,(H,20,22). The molecule has 2 heterocycles. The fourth-order valence-corrected chi connectivity index (χ4v) is 3.36. The number of rotatable bonds is 1. The van der Waals surface area contributed by atoms with Crippen LogP contribution in [0.3, 0.4) is 0 Å². The number of aromatic hydroxyl groups is 1. The smallest absolute Gasteiger partial charge is 0.251 e. The highest BCUT2D eigenvalue weighted by Gasteiger charge is 2.22. The molecule has 2 aromatic heterocycles. The highest BCUT2D eigenvalue weighted by molar-refractivity contribution is 6.00. The summed E-state index contributed by atoms with van der Waals surface area (Å²) in [6.45, 7) is 0. The Labute approximate surface area is 126 Å². The predicted molar refractivity (Wildman–Crippen MR) is 85.9 cm³/mol. The molecule has 0 bridgehead atoms. The Hall–Kier alpha value is -2.82. The second kappa shape index (κ2) is 4.59. The van der Waals surface area contributed by atoms with Gasteiger partial charge in [-0.15, -0.1) is 0 Å². The van der Waals surface area contributed by atoms with Gasteiger partial charge < -0.3 is 15.8 Å². The molecule has 0 aliphatic heterocycles. The fourth-order valence-electron chi connectivity index (χ4n) is 3.36. The Morgan fingerprint density at radius 3 is 2.82 bits per heavy atom. The van der Waals surface area contributed by atoms with Crippen molar-refractivity contribution in [2.45, 2.75) is 19.3 Å². The van der Waals surface area contributed by atoms with E-state index in [-0.39, 0.29) is 11.3 Å². The van der Waals surface area contributed by atoms with Crippen molar-refractivity contribution in [1.82, 2.24) is 9.97 Å². The van der Waals surface area contributed by atoms with E-state index >= 15 is 0 Å². The zero-order chi connectivity index (χ0) is 15.3. The molecule has 0 amide bonds. The summed E-state index contributed by atoms with van der Waals surface area (Å²) in [5, 5.41) is 11.3. The van der Waals surface area contributed by atoms with E-state index in [2.05, 4.69) is 9.97 Å². The number of fused-ring (bicyclic) bond motifs is 3. The quantitative estimate of drug-likeness (QED) is 0.642. The lowest BCUT2D eigenvalue weighted by molar-refractivity contribution is 0.478. The van der Waals surface area contributed by atoms with E-state index in [1.165, 1.54) is 0 Å². The van der Waals surface area contributed by atoms with Gasteiger partial charge in [0.15, 0.2) is 0 Å². The molecule has 5 nitrogen and oxygen atoms in total. The van der Waals surface area contributed by atoms with Gasteiger partial charge in [0.1, 0.15) is 5.75 Å². The summed E-state index contributed by atoms with van der Waals surface area (Å²) in [6.07, 6.45) is 5.84. The molecule has 4 rings (SSSR count). The zero-order valence-electron chi connectivity index (χ0n) is 11.9. The number of nitrogens with one attached hydrogen (secondary N) is 1. The van der Waals surface area contributed by atoms with Crippen LogP contribution in [0.25, 0.3) is 22.0 Å². The third-order valence-corrected chi connectivity index (χ3v) is 4.27. The summed E-state index contributed by atoms with van der Waals surface area (Å²) in [7, 11) is 0. The number of aryl methyl sites for hydroxylation is 1. The average molecular weight is 293 g/mol. The molecular formula is C17H15N3O2. The normalized spacial score (nSPS) is 13.5. The number of nitrogen functional groups attached to an aromatic ring is 1. The molecule has 1 aliphatic carbocycles. The second-order valence-electron chi connectivity index (χ2n) is 5.65. The van der Waals surface area contributed by atoms with E-state index in [1.54, 1.807) is 30.6 Å². The minimum atomic E-state index is -0.0256. The molecule has 4 N–H and O–H groups in total. The largest absolute Gasteiger partial charge is 0.507 e. The van der Waals surface area contributed by atoms with Gasteiger partial charge in [0, 0.05) is 40.0 Å². The summed E-state index contributed by atoms with van der Waals surface area (Å²) in [6, 6.07) is 5.12. The van der Waals surface area contributed by atoms with Crippen LogP contribution in [0.15, 0.2) is 35.4 Å². The van der Waals surface area contributed by atoms with Crippen LogP contribution in [0, 0.1) is 0 Å². The zero-order valence-corrected chi connectivity index (χ0v) is 11.9. The first-order chi connectivity index (χ1) is 10.6. The number of benzene rings is 1. The molecule has 5 heteroatoms. The molecular weight excluding hydrogens is 278 g/mol. The number of phenols is 1. The minimum Gasteiger partial charge on any atom is -0.507 e. The van der Waals surface area contributed by atoms with Gasteiger partial charge in [0.2, 0.25) is 0 Å². The third-order valence-electron chi connectivity index (χ3n) is 4.27. The molecule has 0 spiro atoms. The maximum atomic E-state index is 12.2. The molecule has 1 aliphatic rings. The third kappa shape index (κ3) is 1.79. The second-order valence-corrected chi connectivity index (χ2v) is 5.65. The van der Waals surface area contributed by atoms with Crippen molar-refractivity contribution in [2.24, 2.45) is 0 Å². The van der Waals surface area contributed by atoms with Crippen molar-refractivity contribution >= 4 is 16.6 Å². The van der Waals surface area contributed by atoms with Gasteiger partial charge in [0.25, 0.3) is 5.56 Å². The van der Waals surface area contributed by atoms with Gasteiger partial charge in [-0.1, -0.05) is 0 Å². The van der Waals surface area contributed by atoms with Crippen LogP contribution in [-0.2, 0) is 12.8 Å². The Bertz CT molecular complexity index is 960. The molecule has 1 aromatic carbocycles. The Morgan fingerprint density at radius 1 is 1.18 bits per heavy atom. The van der Waals surface area contributed by atoms with Gasteiger partial charge in [-0.2, -0.15) is 0 Å². The van der Waals surface area contributed by atoms with Gasteiger partial charge >= 0.3 is 0 Å². The van der Waals surface area contributed by atoms with Crippen LogP contribution in [0.1, 0.15) is 17.5 Å². The minimum absolute atomic E-state index is 0.0256. The number of hydrogen-bond donors (Lipinski definition) is 3. The number of H-pyrrole nitrogens is 1.